The van der Waals surface area contributed by atoms with Crippen LogP contribution >= 0.6 is 0 Å². The van der Waals surface area contributed by atoms with Gasteiger partial charge in [-0.2, -0.15) is 10.2 Å². The molecule has 1 aromatic rings. The Labute approximate surface area is 153 Å². The third kappa shape index (κ3) is 5.31. The van der Waals surface area contributed by atoms with Gasteiger partial charge < -0.3 is 14.8 Å². The first kappa shape index (κ1) is 19.4. The van der Waals surface area contributed by atoms with Crippen LogP contribution in [0, 0.1) is 12.3 Å². The SMILES string of the molecule is C#CCCC1(CCNC(=O)CCC(=O)c2ccc(OC)c(OC)c2)N=N1. The van der Waals surface area contributed by atoms with Crippen molar-refractivity contribution >= 4 is 11.7 Å². The number of ether oxygens (including phenoxy) is 2. The third-order valence-electron chi connectivity index (χ3n) is 4.18. The van der Waals surface area contributed by atoms with Gasteiger partial charge >= 0.3 is 0 Å². The minimum atomic E-state index is -0.408. The largest absolute Gasteiger partial charge is 0.493 e. The summed E-state index contributed by atoms with van der Waals surface area (Å²) < 4.78 is 10.3. The highest BCUT2D eigenvalue weighted by Gasteiger charge is 2.38. The van der Waals surface area contributed by atoms with Crippen molar-refractivity contribution in [3.8, 4) is 23.8 Å². The number of carbonyl (C=O) groups excluding carboxylic acids is 2. The van der Waals surface area contributed by atoms with Crippen molar-refractivity contribution in [2.75, 3.05) is 20.8 Å². The van der Waals surface area contributed by atoms with Crippen LogP contribution in [0.5, 0.6) is 11.5 Å². The van der Waals surface area contributed by atoms with Gasteiger partial charge in [0.1, 0.15) is 0 Å². The molecule has 0 atom stereocenters. The number of nitrogens with zero attached hydrogens (tertiary/aromatic N) is 2. The van der Waals surface area contributed by atoms with Gasteiger partial charge in [0.15, 0.2) is 22.9 Å². The molecular formula is C19H23N3O4. The number of Topliss-reactive ketones (excluding diaryl/α,β-unsaturated/α-hetero) is 1. The molecule has 0 aromatic heterocycles. The molecule has 1 aromatic carbocycles. The smallest absolute Gasteiger partial charge is 0.220 e. The summed E-state index contributed by atoms with van der Waals surface area (Å²) >= 11 is 0. The number of ketones is 1. The van der Waals surface area contributed by atoms with Gasteiger partial charge in [0.05, 0.1) is 14.2 Å². The van der Waals surface area contributed by atoms with Crippen molar-refractivity contribution in [2.45, 2.75) is 37.8 Å². The van der Waals surface area contributed by atoms with Gasteiger partial charge in [0.2, 0.25) is 5.91 Å². The van der Waals surface area contributed by atoms with E-state index in [0.29, 0.717) is 42.9 Å². The predicted molar refractivity (Wildman–Crippen MR) is 96.4 cm³/mol. The number of terminal acetylenes is 1. The average molecular weight is 357 g/mol. The third-order valence-corrected chi connectivity index (χ3v) is 4.18. The fraction of sp³-hybridized carbons (Fsp3) is 0.474. The molecule has 138 valence electrons. The van der Waals surface area contributed by atoms with E-state index in [9.17, 15) is 9.59 Å². The minimum absolute atomic E-state index is 0.123. The summed E-state index contributed by atoms with van der Waals surface area (Å²) in [6, 6.07) is 4.95. The summed E-state index contributed by atoms with van der Waals surface area (Å²) in [5.41, 5.74) is 0.0778. The summed E-state index contributed by atoms with van der Waals surface area (Å²) in [6.45, 7) is 0.459. The van der Waals surface area contributed by atoms with Crippen molar-refractivity contribution in [2.24, 2.45) is 10.2 Å². The maximum atomic E-state index is 12.3. The number of methoxy groups -OCH3 is 2. The fourth-order valence-electron chi connectivity index (χ4n) is 2.54. The highest BCUT2D eigenvalue weighted by molar-refractivity contribution is 5.98. The van der Waals surface area contributed by atoms with Crippen LogP contribution < -0.4 is 14.8 Å². The molecule has 1 N–H and O–H groups in total. The van der Waals surface area contributed by atoms with Crippen LogP contribution in [-0.2, 0) is 4.79 Å². The maximum absolute atomic E-state index is 12.3. The first-order valence-electron chi connectivity index (χ1n) is 8.43. The number of nitrogens with one attached hydrogen (secondary N) is 1. The van der Waals surface area contributed by atoms with E-state index in [0.717, 1.165) is 0 Å². The van der Waals surface area contributed by atoms with Crippen LogP contribution in [0.2, 0.25) is 0 Å². The number of rotatable bonds is 11. The zero-order valence-electron chi connectivity index (χ0n) is 15.1. The van der Waals surface area contributed by atoms with Crippen molar-refractivity contribution in [1.29, 1.82) is 0 Å². The quantitative estimate of drug-likeness (QED) is 0.487. The van der Waals surface area contributed by atoms with Crippen LogP contribution in [0.4, 0.5) is 0 Å². The van der Waals surface area contributed by atoms with E-state index >= 15 is 0 Å². The van der Waals surface area contributed by atoms with Gasteiger partial charge in [-0.25, -0.2) is 0 Å². The van der Waals surface area contributed by atoms with Crippen LogP contribution in [0.25, 0.3) is 0 Å². The summed E-state index contributed by atoms with van der Waals surface area (Å²) in [4.78, 5) is 24.2. The zero-order chi connectivity index (χ0) is 19.0. The molecule has 1 heterocycles. The molecule has 0 spiro atoms. The minimum Gasteiger partial charge on any atom is -0.493 e. The molecular weight excluding hydrogens is 334 g/mol. The van der Waals surface area contributed by atoms with Crippen LogP contribution in [0.15, 0.2) is 28.4 Å². The van der Waals surface area contributed by atoms with Gasteiger partial charge in [-0.1, -0.05) is 0 Å². The summed E-state index contributed by atoms with van der Waals surface area (Å²) in [5, 5.41) is 10.8. The summed E-state index contributed by atoms with van der Waals surface area (Å²) in [7, 11) is 3.04. The van der Waals surface area contributed by atoms with Crippen LogP contribution in [-0.4, -0.2) is 38.1 Å². The highest BCUT2D eigenvalue weighted by Crippen LogP contribution is 2.36. The lowest BCUT2D eigenvalue weighted by molar-refractivity contribution is -0.121. The molecule has 1 aliphatic rings. The first-order valence-corrected chi connectivity index (χ1v) is 8.43. The monoisotopic (exact) mass is 357 g/mol. The molecule has 1 amide bonds. The van der Waals surface area contributed by atoms with E-state index < -0.39 is 5.66 Å². The van der Waals surface area contributed by atoms with E-state index in [2.05, 4.69) is 21.5 Å². The molecule has 7 heteroatoms. The molecule has 0 unspecified atom stereocenters. The van der Waals surface area contributed by atoms with Crippen molar-refractivity contribution in [3.63, 3.8) is 0 Å². The van der Waals surface area contributed by atoms with E-state index in [1.807, 2.05) is 0 Å². The Morgan fingerprint density at radius 2 is 1.88 bits per heavy atom. The molecule has 0 aliphatic carbocycles. The lowest BCUT2D eigenvalue weighted by Gasteiger charge is -2.10. The Morgan fingerprint density at radius 1 is 1.15 bits per heavy atom. The average Bonchev–Trinajstić information content (AvgIpc) is 3.43. The molecule has 7 nitrogen and oxygen atoms in total. The van der Waals surface area contributed by atoms with Gasteiger partial charge in [-0.05, 0) is 18.2 Å². The predicted octanol–water partition coefficient (Wildman–Crippen LogP) is 2.75. The second-order valence-corrected chi connectivity index (χ2v) is 5.98. The number of benzene rings is 1. The summed E-state index contributed by atoms with van der Waals surface area (Å²) in [5.74, 6) is 3.30. The standard InChI is InChI=1S/C19H23N3O4/c1-4-5-10-19(21-22-19)11-12-20-18(24)9-7-15(23)14-6-8-16(25-2)17(13-14)26-3/h1,6,8,13H,5,7,9-12H2,2-3H3,(H,20,24). The van der Waals surface area contributed by atoms with Gasteiger partial charge in [-0.15, -0.1) is 12.3 Å². The van der Waals surface area contributed by atoms with E-state index in [-0.39, 0.29) is 24.5 Å². The molecule has 0 bridgehead atoms. The Hall–Kier alpha value is -2.88. The maximum Gasteiger partial charge on any atom is 0.220 e. The molecule has 0 saturated heterocycles. The van der Waals surface area contributed by atoms with Crippen LogP contribution in [0.1, 0.15) is 42.5 Å². The number of hydrogen-bond donors (Lipinski definition) is 1. The van der Waals surface area contributed by atoms with Gasteiger partial charge in [0, 0.05) is 44.2 Å². The zero-order valence-corrected chi connectivity index (χ0v) is 15.1. The Morgan fingerprint density at radius 3 is 2.50 bits per heavy atom. The van der Waals surface area contributed by atoms with E-state index in [1.54, 1.807) is 18.2 Å². The molecule has 0 saturated carbocycles. The summed E-state index contributed by atoms with van der Waals surface area (Å²) in [6.07, 6.45) is 7.43. The Kier molecular flexibility index (Phi) is 6.73. The number of hydrogen-bond acceptors (Lipinski definition) is 6. The number of carbonyl (C=O) groups is 2. The lowest BCUT2D eigenvalue weighted by Crippen LogP contribution is -2.28. The second kappa shape index (κ2) is 8.99. The van der Waals surface area contributed by atoms with Crippen molar-refractivity contribution in [3.05, 3.63) is 23.8 Å². The fourth-order valence-corrected chi connectivity index (χ4v) is 2.54. The topological polar surface area (TPSA) is 89.4 Å². The number of amides is 1. The molecule has 0 fully saturated rings. The van der Waals surface area contributed by atoms with E-state index in [4.69, 9.17) is 15.9 Å². The Bertz CT molecular complexity index is 731. The normalized spacial score (nSPS) is 13.6. The van der Waals surface area contributed by atoms with Gasteiger partial charge in [-0.3, -0.25) is 9.59 Å². The van der Waals surface area contributed by atoms with E-state index in [1.165, 1.54) is 14.2 Å². The second-order valence-electron chi connectivity index (χ2n) is 5.98. The van der Waals surface area contributed by atoms with Crippen molar-refractivity contribution < 1.29 is 19.1 Å². The highest BCUT2D eigenvalue weighted by atomic mass is 16.5. The lowest BCUT2D eigenvalue weighted by atomic mass is 10.0. The van der Waals surface area contributed by atoms with Crippen LogP contribution in [0.3, 0.4) is 0 Å². The molecule has 2 rings (SSSR count). The Balaban J connectivity index is 1.73. The molecule has 1 aliphatic heterocycles. The first-order chi connectivity index (χ1) is 12.5. The molecule has 0 radical (unpaired) electrons. The van der Waals surface area contributed by atoms with Crippen molar-refractivity contribution in [1.82, 2.24) is 5.32 Å². The molecule has 26 heavy (non-hydrogen) atoms. The van der Waals surface area contributed by atoms with Gasteiger partial charge in [0.25, 0.3) is 0 Å².